The van der Waals surface area contributed by atoms with Crippen molar-refractivity contribution in [3.63, 3.8) is 0 Å². The van der Waals surface area contributed by atoms with Crippen molar-refractivity contribution >= 4 is 5.91 Å². The number of β-amino-alcohol motifs (C(OH)–C–C–N with tert-alkyl or cyclic N) is 1. The molecule has 3 rings (SSSR count). The maximum atomic E-state index is 13.4. The number of halogens is 1. The fraction of sp³-hybridized carbons (Fsp3) is 0.350. The zero-order valence-electron chi connectivity index (χ0n) is 14.5. The number of benzene rings is 2. The van der Waals surface area contributed by atoms with Crippen LogP contribution in [0, 0.1) is 5.82 Å². The Bertz CT molecular complexity index is 753. The summed E-state index contributed by atoms with van der Waals surface area (Å²) in [5, 5.41) is 12.8. The van der Waals surface area contributed by atoms with Gasteiger partial charge in [0.1, 0.15) is 0 Å². The topological polar surface area (TPSA) is 61.8 Å². The normalized spacial score (nSPS) is 15.2. The van der Waals surface area contributed by atoms with Crippen molar-refractivity contribution in [2.24, 2.45) is 0 Å². The van der Waals surface area contributed by atoms with Crippen LogP contribution in [-0.2, 0) is 17.8 Å². The van der Waals surface area contributed by atoms with E-state index in [2.05, 4.69) is 22.3 Å². The highest BCUT2D eigenvalue weighted by Gasteiger charge is 2.18. The third-order valence-electron chi connectivity index (χ3n) is 4.41. The van der Waals surface area contributed by atoms with E-state index in [1.54, 1.807) is 12.1 Å². The number of carbonyl (C=O) groups excluding carboxylic acids is 1. The quantitative estimate of drug-likeness (QED) is 0.792. The Labute approximate surface area is 152 Å². The third kappa shape index (κ3) is 5.03. The summed E-state index contributed by atoms with van der Waals surface area (Å²) in [6, 6.07) is 14.2. The van der Waals surface area contributed by atoms with Crippen molar-refractivity contribution in [2.75, 3.05) is 26.2 Å². The van der Waals surface area contributed by atoms with Crippen molar-refractivity contribution in [1.29, 1.82) is 0 Å². The Morgan fingerprint density at radius 2 is 1.92 bits per heavy atom. The molecule has 0 aliphatic carbocycles. The van der Waals surface area contributed by atoms with E-state index in [-0.39, 0.29) is 18.9 Å². The van der Waals surface area contributed by atoms with Crippen LogP contribution in [0.1, 0.15) is 11.1 Å². The van der Waals surface area contributed by atoms with Gasteiger partial charge in [-0.05, 0) is 29.7 Å². The van der Waals surface area contributed by atoms with Crippen LogP contribution in [0.25, 0.3) is 0 Å². The number of rotatable bonds is 7. The van der Waals surface area contributed by atoms with Gasteiger partial charge in [-0.15, -0.1) is 0 Å². The zero-order valence-corrected chi connectivity index (χ0v) is 14.5. The highest BCUT2D eigenvalue weighted by atomic mass is 19.1. The summed E-state index contributed by atoms with van der Waals surface area (Å²) in [6.07, 6.45) is 0.295. The van der Waals surface area contributed by atoms with E-state index >= 15 is 0 Å². The first kappa shape index (κ1) is 18.4. The number of aliphatic hydroxyl groups excluding tert-OH is 1. The van der Waals surface area contributed by atoms with Crippen molar-refractivity contribution in [2.45, 2.75) is 19.1 Å². The molecule has 26 heavy (non-hydrogen) atoms. The van der Waals surface area contributed by atoms with Gasteiger partial charge in [0.2, 0.25) is 0 Å². The fourth-order valence-corrected chi connectivity index (χ4v) is 3.06. The number of hydrogen-bond donors (Lipinski definition) is 2. The minimum Gasteiger partial charge on any atom is -0.481 e. The largest absolute Gasteiger partial charge is 0.481 e. The number of amides is 1. The van der Waals surface area contributed by atoms with E-state index in [4.69, 9.17) is 4.74 Å². The van der Waals surface area contributed by atoms with Gasteiger partial charge >= 0.3 is 0 Å². The number of nitrogens with zero attached hydrogens (tertiary/aromatic N) is 1. The average Bonchev–Trinajstić information content (AvgIpc) is 2.65. The SMILES string of the molecule is O=C(COc1ccccc1F)NCC(O)CN1CCc2ccccc2C1. The van der Waals surface area contributed by atoms with E-state index < -0.39 is 17.8 Å². The molecule has 2 N–H and O–H groups in total. The molecule has 1 aliphatic heterocycles. The highest BCUT2D eigenvalue weighted by Crippen LogP contribution is 2.18. The predicted octanol–water partition coefficient (Wildman–Crippen LogP) is 1.74. The summed E-state index contributed by atoms with van der Waals surface area (Å²) in [7, 11) is 0. The number of para-hydroxylation sites is 1. The van der Waals surface area contributed by atoms with Crippen LogP contribution < -0.4 is 10.1 Å². The number of ether oxygens (including phenoxy) is 1. The first-order valence-corrected chi connectivity index (χ1v) is 8.73. The van der Waals surface area contributed by atoms with Gasteiger partial charge in [-0.1, -0.05) is 36.4 Å². The van der Waals surface area contributed by atoms with Gasteiger partial charge < -0.3 is 15.2 Å². The van der Waals surface area contributed by atoms with Gasteiger partial charge in [0.05, 0.1) is 6.10 Å². The first-order valence-electron chi connectivity index (χ1n) is 8.73. The van der Waals surface area contributed by atoms with Crippen molar-refractivity contribution in [3.05, 3.63) is 65.5 Å². The number of fused-ring (bicyclic) bond motifs is 1. The summed E-state index contributed by atoms with van der Waals surface area (Å²) in [6.45, 7) is 2.03. The second kappa shape index (κ2) is 8.78. The van der Waals surface area contributed by atoms with Crippen LogP contribution in [0.3, 0.4) is 0 Å². The maximum Gasteiger partial charge on any atom is 0.258 e. The van der Waals surface area contributed by atoms with Crippen LogP contribution in [0.15, 0.2) is 48.5 Å². The van der Waals surface area contributed by atoms with Gasteiger partial charge in [-0.25, -0.2) is 4.39 Å². The zero-order chi connectivity index (χ0) is 18.4. The van der Waals surface area contributed by atoms with Crippen molar-refractivity contribution in [1.82, 2.24) is 10.2 Å². The third-order valence-corrected chi connectivity index (χ3v) is 4.41. The van der Waals surface area contributed by atoms with Gasteiger partial charge in [-0.2, -0.15) is 0 Å². The number of nitrogens with one attached hydrogen (secondary N) is 1. The molecular weight excluding hydrogens is 335 g/mol. The Balaban J connectivity index is 1.38. The second-order valence-electron chi connectivity index (χ2n) is 6.43. The standard InChI is InChI=1S/C20H23FN2O3/c21-18-7-3-4-8-19(18)26-14-20(25)22-11-17(24)13-23-10-9-15-5-1-2-6-16(15)12-23/h1-8,17,24H,9-14H2,(H,22,25). The van der Waals surface area contributed by atoms with Crippen LogP contribution in [0.4, 0.5) is 4.39 Å². The molecule has 0 fully saturated rings. The van der Waals surface area contributed by atoms with E-state index in [1.165, 1.54) is 23.3 Å². The molecule has 1 atom stereocenters. The lowest BCUT2D eigenvalue weighted by atomic mass is 10.00. The predicted molar refractivity (Wildman–Crippen MR) is 96.3 cm³/mol. The molecular formula is C20H23FN2O3. The molecule has 2 aromatic rings. The lowest BCUT2D eigenvalue weighted by Gasteiger charge is -2.30. The Morgan fingerprint density at radius 3 is 2.73 bits per heavy atom. The Hall–Kier alpha value is -2.44. The van der Waals surface area contributed by atoms with Crippen molar-refractivity contribution < 1.29 is 19.0 Å². The first-order chi connectivity index (χ1) is 12.6. The number of hydrogen-bond acceptors (Lipinski definition) is 4. The summed E-state index contributed by atoms with van der Waals surface area (Å²) >= 11 is 0. The summed E-state index contributed by atoms with van der Waals surface area (Å²) < 4.78 is 18.6. The molecule has 0 saturated carbocycles. The van der Waals surface area contributed by atoms with Crippen molar-refractivity contribution in [3.8, 4) is 5.75 Å². The van der Waals surface area contributed by atoms with E-state index in [9.17, 15) is 14.3 Å². The van der Waals surface area contributed by atoms with Crippen LogP contribution in [0.2, 0.25) is 0 Å². The molecule has 1 heterocycles. The number of carbonyl (C=O) groups is 1. The fourth-order valence-electron chi connectivity index (χ4n) is 3.06. The molecule has 0 aromatic heterocycles. The molecule has 138 valence electrons. The second-order valence-corrected chi connectivity index (χ2v) is 6.43. The van der Waals surface area contributed by atoms with Gasteiger partial charge in [0.15, 0.2) is 18.2 Å². The lowest BCUT2D eigenvalue weighted by molar-refractivity contribution is -0.123. The van der Waals surface area contributed by atoms with Crippen LogP contribution in [0.5, 0.6) is 5.75 Å². The smallest absolute Gasteiger partial charge is 0.258 e. The van der Waals surface area contributed by atoms with Gasteiger partial charge in [0, 0.05) is 26.2 Å². The lowest BCUT2D eigenvalue weighted by Crippen LogP contribution is -2.42. The van der Waals surface area contributed by atoms with E-state index in [0.717, 1.165) is 19.5 Å². The minimum atomic E-state index is -0.669. The molecule has 5 nitrogen and oxygen atoms in total. The van der Waals surface area contributed by atoms with Gasteiger partial charge in [0.25, 0.3) is 5.91 Å². The molecule has 1 amide bonds. The molecule has 0 saturated heterocycles. The van der Waals surface area contributed by atoms with E-state index in [0.29, 0.717) is 6.54 Å². The molecule has 2 aromatic carbocycles. The summed E-state index contributed by atoms with van der Waals surface area (Å²) in [4.78, 5) is 14.0. The summed E-state index contributed by atoms with van der Waals surface area (Å²) in [5.41, 5.74) is 2.64. The average molecular weight is 358 g/mol. The van der Waals surface area contributed by atoms with E-state index in [1.807, 2.05) is 12.1 Å². The molecule has 0 radical (unpaired) electrons. The molecule has 6 heteroatoms. The van der Waals surface area contributed by atoms with Crippen LogP contribution in [-0.4, -0.2) is 48.3 Å². The highest BCUT2D eigenvalue weighted by molar-refractivity contribution is 5.77. The Kier molecular flexibility index (Phi) is 6.20. The molecule has 0 spiro atoms. The minimum absolute atomic E-state index is 0.0372. The van der Waals surface area contributed by atoms with Gasteiger partial charge in [-0.3, -0.25) is 9.69 Å². The Morgan fingerprint density at radius 1 is 1.19 bits per heavy atom. The molecule has 1 aliphatic rings. The maximum absolute atomic E-state index is 13.4. The number of aliphatic hydroxyl groups is 1. The van der Waals surface area contributed by atoms with Crippen LogP contribution >= 0.6 is 0 Å². The molecule has 0 bridgehead atoms. The monoisotopic (exact) mass is 358 g/mol. The molecule has 1 unspecified atom stereocenters. The summed E-state index contributed by atoms with van der Waals surface area (Å²) in [5.74, 6) is -0.864.